The molecule has 1 aliphatic rings. The van der Waals surface area contributed by atoms with Crippen LogP contribution in [0.1, 0.15) is 43.5 Å². The van der Waals surface area contributed by atoms with Gasteiger partial charge in [-0.2, -0.15) is 5.10 Å². The molecule has 1 heterocycles. The Balaban J connectivity index is 1.22. The van der Waals surface area contributed by atoms with Crippen molar-refractivity contribution in [3.63, 3.8) is 0 Å². The summed E-state index contributed by atoms with van der Waals surface area (Å²) < 4.78 is 24.1. The van der Waals surface area contributed by atoms with E-state index in [4.69, 9.17) is 31.2 Å². The Bertz CT molecular complexity index is 1900. The molecule has 0 aliphatic carbocycles. The first kappa shape index (κ1) is 34.6. The van der Waals surface area contributed by atoms with Crippen LogP contribution in [-0.2, 0) is 20.9 Å². The molecule has 4 aromatic rings. The summed E-state index contributed by atoms with van der Waals surface area (Å²) in [6.45, 7) is 6.15. The molecule has 0 fully saturated rings. The second kappa shape index (κ2) is 16.4. The van der Waals surface area contributed by atoms with Crippen molar-refractivity contribution in [2.45, 2.75) is 33.4 Å². The number of thiocarbonyl (C=S) groups is 1. The Hall–Kier alpha value is -4.69. The molecule has 1 atom stereocenters. The summed E-state index contributed by atoms with van der Waals surface area (Å²) in [5.74, 6) is 0.677. The molecule has 48 heavy (non-hydrogen) atoms. The van der Waals surface area contributed by atoms with E-state index in [1.807, 2.05) is 37.3 Å². The number of esters is 1. The van der Waals surface area contributed by atoms with Crippen molar-refractivity contribution >= 4 is 68.8 Å². The summed E-state index contributed by atoms with van der Waals surface area (Å²) in [5.41, 5.74) is 5.85. The van der Waals surface area contributed by atoms with Gasteiger partial charge in [-0.25, -0.2) is 10.2 Å². The van der Waals surface area contributed by atoms with Gasteiger partial charge in [-0.15, -0.1) is 0 Å². The number of nitrogens with one attached hydrogen (secondary N) is 3. The molecule has 0 aromatic heterocycles. The number of hydrazone groups is 1. The van der Waals surface area contributed by atoms with Crippen molar-refractivity contribution < 1.29 is 28.5 Å². The standard InChI is InChI=1S/C36H35IN4O6S/c1-4-44-30-18-24(17-28(37)34(30)47-20-23-14-15-25-10-6-7-11-26(25)16-23)19-38-41-31(42)21-46-29-13-9-8-12-27(29)33-32(35(43)45-5-2)22(3)39-36(48)40-33/h6-19,33H,4-5,20-21H2,1-3H3,(H,41,42)(H2,39,40,48)/t33-/m1/s1. The van der Waals surface area contributed by atoms with E-state index in [-0.39, 0.29) is 13.2 Å². The lowest BCUT2D eigenvalue weighted by Crippen LogP contribution is -2.45. The highest BCUT2D eigenvalue weighted by molar-refractivity contribution is 14.1. The molecule has 10 nitrogen and oxygen atoms in total. The minimum atomic E-state index is -0.628. The number of ether oxygens (including phenoxy) is 4. The van der Waals surface area contributed by atoms with Crippen LogP contribution in [-0.4, -0.2) is 43.0 Å². The number of halogens is 1. The van der Waals surface area contributed by atoms with Crippen molar-refractivity contribution in [1.29, 1.82) is 0 Å². The normalized spacial score (nSPS) is 14.3. The number of rotatable bonds is 13. The minimum absolute atomic E-state index is 0.224. The van der Waals surface area contributed by atoms with Crippen molar-refractivity contribution in [2.75, 3.05) is 19.8 Å². The van der Waals surface area contributed by atoms with E-state index in [0.29, 0.717) is 58.0 Å². The van der Waals surface area contributed by atoms with Crippen molar-refractivity contribution in [1.82, 2.24) is 16.1 Å². The maximum Gasteiger partial charge on any atom is 0.338 e. The van der Waals surface area contributed by atoms with E-state index >= 15 is 0 Å². The zero-order chi connectivity index (χ0) is 34.0. The van der Waals surface area contributed by atoms with Crippen LogP contribution in [0.3, 0.4) is 0 Å². The molecule has 5 rings (SSSR count). The SMILES string of the molecule is CCOC(=O)C1=C(C)NC(=S)N[C@@H]1c1ccccc1OCC(=O)NN=Cc1cc(I)c(OCc2ccc3ccccc3c2)c(OCC)c1. The summed E-state index contributed by atoms with van der Waals surface area (Å²) in [6, 6.07) is 24.7. The Morgan fingerprint density at radius 3 is 2.50 bits per heavy atom. The van der Waals surface area contributed by atoms with E-state index in [2.05, 4.69) is 74.1 Å². The van der Waals surface area contributed by atoms with Gasteiger partial charge in [0.25, 0.3) is 5.91 Å². The number of para-hydroxylation sites is 1. The largest absolute Gasteiger partial charge is 0.490 e. The maximum absolute atomic E-state index is 12.8. The molecule has 12 heteroatoms. The van der Waals surface area contributed by atoms with E-state index in [1.165, 1.54) is 11.6 Å². The van der Waals surface area contributed by atoms with Gasteiger partial charge in [-0.1, -0.05) is 54.6 Å². The number of fused-ring (bicyclic) bond motifs is 1. The second-order valence-electron chi connectivity index (χ2n) is 10.6. The minimum Gasteiger partial charge on any atom is -0.490 e. The van der Waals surface area contributed by atoms with Crippen LogP contribution < -0.4 is 30.3 Å². The summed E-state index contributed by atoms with van der Waals surface area (Å²) in [4.78, 5) is 25.5. The van der Waals surface area contributed by atoms with Gasteiger partial charge in [0.05, 0.1) is 34.6 Å². The van der Waals surface area contributed by atoms with Crippen molar-refractivity contribution in [2.24, 2.45) is 5.10 Å². The van der Waals surface area contributed by atoms with Crippen LogP contribution in [0.2, 0.25) is 0 Å². The van der Waals surface area contributed by atoms with Gasteiger partial charge >= 0.3 is 5.97 Å². The summed E-state index contributed by atoms with van der Waals surface area (Å²) in [7, 11) is 0. The van der Waals surface area contributed by atoms with E-state index in [1.54, 1.807) is 32.0 Å². The predicted octanol–water partition coefficient (Wildman–Crippen LogP) is 6.31. The van der Waals surface area contributed by atoms with E-state index in [0.717, 1.165) is 14.5 Å². The number of carbonyl (C=O) groups is 2. The van der Waals surface area contributed by atoms with E-state index in [9.17, 15) is 9.59 Å². The summed E-state index contributed by atoms with van der Waals surface area (Å²) in [5, 5.41) is 12.9. The monoisotopic (exact) mass is 778 g/mol. The molecule has 0 saturated heterocycles. The van der Waals surface area contributed by atoms with Crippen molar-refractivity contribution in [3.05, 3.63) is 110 Å². The molecular weight excluding hydrogens is 743 g/mol. The Labute approximate surface area is 298 Å². The Kier molecular flexibility index (Phi) is 11.9. The van der Waals surface area contributed by atoms with Crippen LogP contribution >= 0.6 is 34.8 Å². The van der Waals surface area contributed by atoms with Crippen LogP contribution in [0.15, 0.2) is 95.2 Å². The van der Waals surface area contributed by atoms with Gasteiger partial charge in [0.15, 0.2) is 23.2 Å². The lowest BCUT2D eigenvalue weighted by molar-refractivity contribution is -0.139. The third kappa shape index (κ3) is 8.61. The highest BCUT2D eigenvalue weighted by Crippen LogP contribution is 2.35. The number of benzene rings is 4. The Morgan fingerprint density at radius 2 is 1.71 bits per heavy atom. The number of hydrogen-bond donors (Lipinski definition) is 3. The third-order valence-electron chi connectivity index (χ3n) is 7.28. The third-order valence-corrected chi connectivity index (χ3v) is 8.31. The average molecular weight is 779 g/mol. The average Bonchev–Trinajstić information content (AvgIpc) is 3.07. The second-order valence-corrected chi connectivity index (χ2v) is 12.2. The molecule has 1 amide bonds. The first-order valence-corrected chi connectivity index (χ1v) is 16.8. The zero-order valence-corrected chi connectivity index (χ0v) is 29.6. The summed E-state index contributed by atoms with van der Waals surface area (Å²) >= 11 is 7.55. The molecule has 4 aromatic carbocycles. The predicted molar refractivity (Wildman–Crippen MR) is 197 cm³/mol. The molecular formula is C36H35IN4O6S. The Morgan fingerprint density at radius 1 is 0.938 bits per heavy atom. The van der Waals surface area contributed by atoms with Gasteiger partial charge in [-0.3, -0.25) is 4.79 Å². The van der Waals surface area contributed by atoms with Crippen LogP contribution in [0.5, 0.6) is 17.2 Å². The first-order valence-electron chi connectivity index (χ1n) is 15.3. The van der Waals surface area contributed by atoms with Crippen LogP contribution in [0, 0.1) is 3.57 Å². The smallest absolute Gasteiger partial charge is 0.338 e. The van der Waals surface area contributed by atoms with E-state index < -0.39 is 17.9 Å². The van der Waals surface area contributed by atoms with Gasteiger partial charge in [-0.05, 0) is 102 Å². The number of amides is 1. The van der Waals surface area contributed by atoms with Gasteiger partial charge in [0, 0.05) is 11.3 Å². The molecule has 0 radical (unpaired) electrons. The molecule has 0 bridgehead atoms. The topological polar surface area (TPSA) is 120 Å². The molecule has 0 unspecified atom stereocenters. The van der Waals surface area contributed by atoms with Gasteiger partial charge < -0.3 is 29.6 Å². The number of nitrogens with zero attached hydrogens (tertiary/aromatic N) is 1. The fourth-order valence-corrected chi connectivity index (χ4v) is 6.21. The molecule has 1 aliphatic heterocycles. The summed E-state index contributed by atoms with van der Waals surface area (Å²) in [6.07, 6.45) is 1.53. The van der Waals surface area contributed by atoms with Gasteiger partial charge in [0.1, 0.15) is 12.4 Å². The molecule has 248 valence electrons. The van der Waals surface area contributed by atoms with Crippen molar-refractivity contribution in [3.8, 4) is 17.2 Å². The fourth-order valence-electron chi connectivity index (χ4n) is 5.16. The highest BCUT2D eigenvalue weighted by atomic mass is 127. The molecule has 3 N–H and O–H groups in total. The molecule has 0 saturated carbocycles. The van der Waals surface area contributed by atoms with Gasteiger partial charge in [0.2, 0.25) is 0 Å². The zero-order valence-electron chi connectivity index (χ0n) is 26.7. The number of carbonyl (C=O) groups excluding carboxylic acids is 2. The quantitative estimate of drug-likeness (QED) is 0.0472. The first-order chi connectivity index (χ1) is 23.3. The number of allylic oxidation sites excluding steroid dienone is 1. The van der Waals surface area contributed by atoms with Crippen LogP contribution in [0.4, 0.5) is 0 Å². The highest BCUT2D eigenvalue weighted by Gasteiger charge is 2.32. The lowest BCUT2D eigenvalue weighted by Gasteiger charge is -2.30. The maximum atomic E-state index is 12.8. The fraction of sp³-hybridized carbons (Fsp3) is 0.222. The number of hydrogen-bond acceptors (Lipinski definition) is 8. The lowest BCUT2D eigenvalue weighted by atomic mass is 9.95. The molecule has 0 spiro atoms. The van der Waals surface area contributed by atoms with Crippen LogP contribution in [0.25, 0.3) is 10.8 Å².